The van der Waals surface area contributed by atoms with Crippen LogP contribution in [0.4, 0.5) is 14.5 Å². The number of carbonyl (C=O) groups excluding carboxylic acids is 1. The minimum atomic E-state index is -0.849. The number of para-hydroxylation sites is 1. The molecule has 0 unspecified atom stereocenters. The van der Waals surface area contributed by atoms with E-state index in [0.717, 1.165) is 35.2 Å². The summed E-state index contributed by atoms with van der Waals surface area (Å²) in [6.45, 7) is 2.46. The molecule has 0 bridgehead atoms. The van der Waals surface area contributed by atoms with E-state index >= 15 is 0 Å². The monoisotopic (exact) mass is 405 g/mol. The molecule has 0 aliphatic rings. The van der Waals surface area contributed by atoms with Crippen LogP contribution in [0.2, 0.25) is 0 Å². The third kappa shape index (κ3) is 4.39. The summed E-state index contributed by atoms with van der Waals surface area (Å²) in [7, 11) is 0. The highest BCUT2D eigenvalue weighted by Gasteiger charge is 2.16. The Morgan fingerprint density at radius 2 is 1.86 bits per heavy atom. The largest absolute Gasteiger partial charge is 0.494 e. The van der Waals surface area contributed by atoms with Gasteiger partial charge in [0, 0.05) is 5.56 Å². The normalized spacial score (nSPS) is 10.7. The molecule has 1 heterocycles. The summed E-state index contributed by atoms with van der Waals surface area (Å²) in [6, 6.07) is 10.5. The highest BCUT2D eigenvalue weighted by Crippen LogP contribution is 2.24. The summed E-state index contributed by atoms with van der Waals surface area (Å²) in [4.78, 5) is 12.0. The molecule has 3 rings (SSSR count). The first kappa shape index (κ1) is 19.6. The molecule has 0 aliphatic heterocycles. The van der Waals surface area contributed by atoms with Crippen LogP contribution in [-0.2, 0) is 4.79 Å². The van der Waals surface area contributed by atoms with E-state index in [9.17, 15) is 13.6 Å². The zero-order valence-corrected chi connectivity index (χ0v) is 15.7. The molecule has 0 saturated carbocycles. The predicted octanol–water partition coefficient (Wildman–Crippen LogP) is 3.07. The number of carbonyl (C=O) groups is 1. The molecule has 7 nitrogen and oxygen atoms in total. The number of aromatic nitrogens is 3. The number of benzene rings is 2. The van der Waals surface area contributed by atoms with E-state index in [0.29, 0.717) is 12.4 Å². The second kappa shape index (κ2) is 8.70. The topological polar surface area (TPSA) is 95.1 Å². The maximum absolute atomic E-state index is 13.6. The lowest BCUT2D eigenvalue weighted by molar-refractivity contribution is -0.113. The average Bonchev–Trinajstić information content (AvgIpc) is 3.05. The Bertz CT molecular complexity index is 958. The molecule has 0 spiro atoms. The van der Waals surface area contributed by atoms with Gasteiger partial charge in [-0.15, -0.1) is 10.2 Å². The van der Waals surface area contributed by atoms with Gasteiger partial charge in [-0.05, 0) is 43.3 Å². The van der Waals surface area contributed by atoms with Gasteiger partial charge in [0.15, 0.2) is 5.82 Å². The van der Waals surface area contributed by atoms with Gasteiger partial charge in [0.25, 0.3) is 0 Å². The number of hydrogen-bond acceptors (Lipinski definition) is 6. The SMILES string of the molecule is CCOc1ccc(-c2nnc(SCC(=O)Nc3c(F)cccc3F)n2N)cc1. The maximum Gasteiger partial charge on any atom is 0.235 e. The number of ether oxygens (including phenoxy) is 1. The molecule has 0 radical (unpaired) electrons. The first-order valence-electron chi connectivity index (χ1n) is 8.30. The standard InChI is InChI=1S/C18H17F2N5O2S/c1-2-27-12-8-6-11(7-9-12)17-23-24-18(25(17)21)28-10-15(26)22-16-13(19)4-3-5-14(16)20/h3-9H,2,10,21H2,1H3,(H,22,26). The number of anilines is 1. The van der Waals surface area contributed by atoms with Gasteiger partial charge in [0.1, 0.15) is 23.1 Å². The fraction of sp³-hybridized carbons (Fsp3) is 0.167. The second-order valence-corrected chi connectivity index (χ2v) is 6.51. The number of nitrogens with zero attached hydrogens (tertiary/aromatic N) is 3. The smallest absolute Gasteiger partial charge is 0.235 e. The van der Waals surface area contributed by atoms with Crippen molar-refractivity contribution in [3.63, 3.8) is 0 Å². The third-order valence-corrected chi connectivity index (χ3v) is 4.59. The van der Waals surface area contributed by atoms with E-state index in [1.54, 1.807) is 24.3 Å². The summed E-state index contributed by atoms with van der Waals surface area (Å²) in [6.07, 6.45) is 0. The van der Waals surface area contributed by atoms with Crippen LogP contribution < -0.4 is 15.9 Å². The van der Waals surface area contributed by atoms with Crippen LogP contribution >= 0.6 is 11.8 Å². The molecule has 1 amide bonds. The zero-order chi connectivity index (χ0) is 20.1. The molecule has 146 valence electrons. The summed E-state index contributed by atoms with van der Waals surface area (Å²) < 4.78 is 33.8. The van der Waals surface area contributed by atoms with Crippen LogP contribution in [-0.4, -0.2) is 33.1 Å². The van der Waals surface area contributed by atoms with E-state index in [2.05, 4.69) is 15.5 Å². The number of nitrogens with one attached hydrogen (secondary N) is 1. The molecule has 3 N–H and O–H groups in total. The molecular weight excluding hydrogens is 388 g/mol. The van der Waals surface area contributed by atoms with Crippen molar-refractivity contribution >= 4 is 23.4 Å². The van der Waals surface area contributed by atoms with Gasteiger partial charge in [-0.25, -0.2) is 13.5 Å². The number of halogens is 2. The Hall–Kier alpha value is -3.14. The van der Waals surface area contributed by atoms with E-state index in [1.807, 2.05) is 6.92 Å². The van der Waals surface area contributed by atoms with Crippen molar-refractivity contribution < 1.29 is 18.3 Å². The van der Waals surface area contributed by atoms with Gasteiger partial charge in [-0.2, -0.15) is 0 Å². The van der Waals surface area contributed by atoms with Crippen molar-refractivity contribution in [3.8, 4) is 17.1 Å². The van der Waals surface area contributed by atoms with Gasteiger partial charge < -0.3 is 15.9 Å². The molecule has 10 heteroatoms. The predicted molar refractivity (Wildman–Crippen MR) is 102 cm³/mol. The van der Waals surface area contributed by atoms with Gasteiger partial charge in [0.2, 0.25) is 11.1 Å². The van der Waals surface area contributed by atoms with Crippen LogP contribution in [0.5, 0.6) is 5.75 Å². The summed E-state index contributed by atoms with van der Waals surface area (Å²) in [5.74, 6) is 4.70. The second-order valence-electron chi connectivity index (χ2n) is 5.57. The lowest BCUT2D eigenvalue weighted by Crippen LogP contribution is -2.17. The van der Waals surface area contributed by atoms with Gasteiger partial charge >= 0.3 is 0 Å². The van der Waals surface area contributed by atoms with Crippen LogP contribution in [0.1, 0.15) is 6.92 Å². The number of nitrogens with two attached hydrogens (primary N) is 1. The summed E-state index contributed by atoms with van der Waals surface area (Å²) >= 11 is 0.996. The van der Waals surface area contributed by atoms with Crippen LogP contribution in [0.3, 0.4) is 0 Å². The van der Waals surface area contributed by atoms with Crippen LogP contribution in [0, 0.1) is 11.6 Å². The molecule has 0 fully saturated rings. The molecule has 2 aromatic carbocycles. The van der Waals surface area contributed by atoms with E-state index in [1.165, 1.54) is 10.7 Å². The van der Waals surface area contributed by atoms with Crippen molar-refractivity contribution in [2.24, 2.45) is 0 Å². The molecule has 0 saturated heterocycles. The Morgan fingerprint density at radius 1 is 1.18 bits per heavy atom. The average molecular weight is 405 g/mol. The first-order valence-corrected chi connectivity index (χ1v) is 9.28. The van der Waals surface area contributed by atoms with E-state index in [-0.39, 0.29) is 10.9 Å². The van der Waals surface area contributed by atoms with E-state index in [4.69, 9.17) is 10.6 Å². The lowest BCUT2D eigenvalue weighted by atomic mass is 10.2. The highest BCUT2D eigenvalue weighted by molar-refractivity contribution is 7.99. The number of hydrogen-bond donors (Lipinski definition) is 2. The van der Waals surface area contributed by atoms with Gasteiger partial charge in [0.05, 0.1) is 12.4 Å². The van der Waals surface area contributed by atoms with Crippen molar-refractivity contribution in [1.82, 2.24) is 14.9 Å². The fourth-order valence-corrected chi connectivity index (χ4v) is 3.02. The molecule has 1 aromatic heterocycles. The van der Waals surface area contributed by atoms with Crippen molar-refractivity contribution in [1.29, 1.82) is 0 Å². The number of amides is 1. The van der Waals surface area contributed by atoms with Gasteiger partial charge in [-0.3, -0.25) is 4.79 Å². The minimum absolute atomic E-state index is 0.146. The van der Waals surface area contributed by atoms with Crippen molar-refractivity contribution in [3.05, 3.63) is 54.1 Å². The van der Waals surface area contributed by atoms with E-state index < -0.39 is 23.2 Å². The quantitative estimate of drug-likeness (QED) is 0.463. The Balaban J connectivity index is 1.65. The Morgan fingerprint density at radius 3 is 2.50 bits per heavy atom. The molecular formula is C18H17F2N5O2S. The molecule has 0 aliphatic carbocycles. The Kier molecular flexibility index (Phi) is 6.09. The first-order chi connectivity index (χ1) is 13.5. The van der Waals surface area contributed by atoms with Crippen LogP contribution in [0.25, 0.3) is 11.4 Å². The van der Waals surface area contributed by atoms with Crippen molar-refractivity contribution in [2.75, 3.05) is 23.5 Å². The molecule has 3 aromatic rings. The van der Waals surface area contributed by atoms with Crippen molar-refractivity contribution in [2.45, 2.75) is 12.1 Å². The highest BCUT2D eigenvalue weighted by atomic mass is 32.2. The minimum Gasteiger partial charge on any atom is -0.494 e. The van der Waals surface area contributed by atoms with Gasteiger partial charge in [-0.1, -0.05) is 17.8 Å². The fourth-order valence-electron chi connectivity index (χ4n) is 2.36. The molecule has 28 heavy (non-hydrogen) atoms. The Labute approximate surface area is 163 Å². The third-order valence-electron chi connectivity index (χ3n) is 3.65. The summed E-state index contributed by atoms with van der Waals surface area (Å²) in [5.41, 5.74) is 0.237. The number of nitrogen functional groups attached to an aromatic ring is 1. The lowest BCUT2D eigenvalue weighted by Gasteiger charge is -2.07. The number of thioether (sulfide) groups is 1. The molecule has 0 atom stereocenters. The van der Waals surface area contributed by atoms with Crippen LogP contribution in [0.15, 0.2) is 47.6 Å². The summed E-state index contributed by atoms with van der Waals surface area (Å²) in [5, 5.41) is 10.5. The maximum atomic E-state index is 13.6. The number of rotatable bonds is 7. The zero-order valence-electron chi connectivity index (χ0n) is 14.9.